The van der Waals surface area contributed by atoms with Crippen LogP contribution in [-0.4, -0.2) is 11.9 Å². The second kappa shape index (κ2) is 9.55. The quantitative estimate of drug-likeness (QED) is 0.272. The number of urea groups is 1. The molecule has 3 aromatic rings. The molecule has 3 aromatic carbocycles. The van der Waals surface area contributed by atoms with Gasteiger partial charge in [0.25, 0.3) is 5.91 Å². The first kappa shape index (κ1) is 22.7. The molecule has 0 aliphatic carbocycles. The molecule has 1 aliphatic rings. The fraction of sp³-hybridized carbons (Fsp3) is 0.0435. The van der Waals surface area contributed by atoms with Crippen molar-refractivity contribution >= 4 is 74.4 Å². The molecule has 1 fully saturated rings. The molecule has 3 amide bonds. The number of nitrogens with zero attached hydrogens (tertiary/aromatic N) is 1. The molecule has 4 rings (SSSR count). The molecule has 1 N–H and O–H groups in total. The first-order chi connectivity index (χ1) is 15.3. The van der Waals surface area contributed by atoms with E-state index in [1.54, 1.807) is 60.7 Å². The van der Waals surface area contributed by atoms with Crippen LogP contribution < -0.4 is 15.0 Å². The lowest BCUT2D eigenvalue weighted by atomic mass is 10.1. The van der Waals surface area contributed by atoms with Crippen LogP contribution in [0.5, 0.6) is 5.75 Å². The van der Waals surface area contributed by atoms with Gasteiger partial charge in [-0.25, -0.2) is 9.69 Å². The summed E-state index contributed by atoms with van der Waals surface area (Å²) in [7, 11) is 0. The van der Waals surface area contributed by atoms with E-state index in [1.165, 1.54) is 0 Å². The largest absolute Gasteiger partial charge is 0.488 e. The number of halogens is 4. The normalized spacial score (nSPS) is 14.8. The summed E-state index contributed by atoms with van der Waals surface area (Å²) in [5.41, 5.74) is 1.91. The number of hydrogen-bond acceptors (Lipinski definition) is 3. The molecule has 9 heteroatoms. The van der Waals surface area contributed by atoms with E-state index in [0.29, 0.717) is 32.1 Å². The minimum Gasteiger partial charge on any atom is -0.488 e. The zero-order valence-electron chi connectivity index (χ0n) is 16.2. The van der Waals surface area contributed by atoms with Crippen LogP contribution in [0.1, 0.15) is 11.1 Å². The van der Waals surface area contributed by atoms with Crippen molar-refractivity contribution in [3.8, 4) is 5.75 Å². The second-order valence-electron chi connectivity index (χ2n) is 6.81. The van der Waals surface area contributed by atoms with E-state index < -0.39 is 11.9 Å². The third kappa shape index (κ3) is 4.94. The lowest BCUT2D eigenvalue weighted by Gasteiger charge is -2.12. The van der Waals surface area contributed by atoms with Crippen molar-refractivity contribution in [3.63, 3.8) is 0 Å². The Bertz CT molecular complexity index is 1250. The molecule has 1 saturated heterocycles. The molecule has 5 nitrogen and oxygen atoms in total. The molecule has 0 saturated carbocycles. The first-order valence-corrected chi connectivity index (χ1v) is 11.2. The topological polar surface area (TPSA) is 58.6 Å². The zero-order chi connectivity index (χ0) is 22.8. The van der Waals surface area contributed by atoms with Gasteiger partial charge in [-0.1, -0.05) is 56.8 Å². The highest BCUT2D eigenvalue weighted by Gasteiger charge is 2.35. The Morgan fingerprint density at radius 1 is 0.938 bits per heavy atom. The van der Waals surface area contributed by atoms with Crippen molar-refractivity contribution < 1.29 is 14.3 Å². The van der Waals surface area contributed by atoms with Gasteiger partial charge in [-0.05, 0) is 60.7 Å². The Balaban J connectivity index is 1.60. The molecule has 162 valence electrons. The van der Waals surface area contributed by atoms with E-state index in [4.69, 9.17) is 39.5 Å². The SMILES string of the molecule is O=C1N/C(=C/c2cc(Br)ccc2OCc2ccc(Cl)cc2Cl)C(=O)N1c1ccc(Cl)cc1. The molecule has 0 unspecified atom stereocenters. The van der Waals surface area contributed by atoms with Gasteiger partial charge < -0.3 is 10.1 Å². The van der Waals surface area contributed by atoms with Gasteiger partial charge in [0.2, 0.25) is 0 Å². The third-order valence-electron chi connectivity index (χ3n) is 4.63. The summed E-state index contributed by atoms with van der Waals surface area (Å²) >= 11 is 21.5. The van der Waals surface area contributed by atoms with E-state index in [9.17, 15) is 9.59 Å². The minimum atomic E-state index is -0.547. The van der Waals surface area contributed by atoms with Crippen LogP contribution in [0.25, 0.3) is 6.08 Å². The summed E-state index contributed by atoms with van der Waals surface area (Å²) in [5.74, 6) is 0.0303. The highest BCUT2D eigenvalue weighted by molar-refractivity contribution is 9.10. The number of benzene rings is 3. The maximum Gasteiger partial charge on any atom is 0.333 e. The molecule has 0 radical (unpaired) electrons. The van der Waals surface area contributed by atoms with Gasteiger partial charge in [0.05, 0.1) is 5.69 Å². The van der Waals surface area contributed by atoms with Crippen molar-refractivity contribution in [3.05, 3.63) is 97.0 Å². The maximum absolute atomic E-state index is 12.9. The van der Waals surface area contributed by atoms with Crippen molar-refractivity contribution in [1.82, 2.24) is 5.32 Å². The molecule has 0 bridgehead atoms. The molecule has 0 aromatic heterocycles. The number of imide groups is 1. The average Bonchev–Trinajstić information content (AvgIpc) is 3.02. The number of anilines is 1. The number of ether oxygens (including phenoxy) is 1. The van der Waals surface area contributed by atoms with Crippen molar-refractivity contribution in [1.29, 1.82) is 0 Å². The van der Waals surface area contributed by atoms with Crippen LogP contribution in [0.2, 0.25) is 15.1 Å². The number of amides is 3. The van der Waals surface area contributed by atoms with Crippen LogP contribution >= 0.6 is 50.7 Å². The average molecular weight is 553 g/mol. The summed E-state index contributed by atoms with van der Waals surface area (Å²) in [6, 6.07) is 16.4. The Morgan fingerprint density at radius 3 is 2.38 bits per heavy atom. The van der Waals surface area contributed by atoms with Gasteiger partial charge in [-0.2, -0.15) is 0 Å². The van der Waals surface area contributed by atoms with Crippen LogP contribution in [0.15, 0.2) is 70.8 Å². The first-order valence-electron chi connectivity index (χ1n) is 9.31. The van der Waals surface area contributed by atoms with Crippen LogP contribution in [0, 0.1) is 0 Å². The number of carbonyl (C=O) groups excluding carboxylic acids is 2. The number of hydrogen-bond donors (Lipinski definition) is 1. The monoisotopic (exact) mass is 550 g/mol. The van der Waals surface area contributed by atoms with Crippen molar-refractivity contribution in [2.45, 2.75) is 6.61 Å². The van der Waals surface area contributed by atoms with Gasteiger partial charge in [-0.3, -0.25) is 4.79 Å². The lowest BCUT2D eigenvalue weighted by molar-refractivity contribution is -0.113. The fourth-order valence-corrected chi connectivity index (χ4v) is 4.04. The smallest absolute Gasteiger partial charge is 0.333 e. The standard InChI is InChI=1S/C23H14BrCl3N2O3/c24-15-2-8-21(32-12-13-1-3-17(26)11-19(13)27)14(9-15)10-20-22(30)29(23(31)28-20)18-6-4-16(25)5-7-18/h1-11H,12H2,(H,28,31)/b20-10+. The predicted octanol–water partition coefficient (Wildman–Crippen LogP) is 7.09. The van der Waals surface area contributed by atoms with E-state index >= 15 is 0 Å². The fourth-order valence-electron chi connectivity index (χ4n) is 3.07. The molecule has 1 aliphatic heterocycles. The Hall–Kier alpha value is -2.51. The number of carbonyl (C=O) groups is 2. The number of rotatable bonds is 5. The van der Waals surface area contributed by atoms with Gasteiger partial charge in [-0.15, -0.1) is 0 Å². The Kier molecular flexibility index (Phi) is 6.76. The van der Waals surface area contributed by atoms with E-state index in [2.05, 4.69) is 21.2 Å². The van der Waals surface area contributed by atoms with Gasteiger partial charge in [0.15, 0.2) is 0 Å². The summed E-state index contributed by atoms with van der Waals surface area (Å²) in [4.78, 5) is 26.4. The van der Waals surface area contributed by atoms with Crippen LogP contribution in [-0.2, 0) is 11.4 Å². The van der Waals surface area contributed by atoms with Crippen molar-refractivity contribution in [2.75, 3.05) is 4.90 Å². The minimum absolute atomic E-state index is 0.123. The maximum atomic E-state index is 12.9. The van der Waals surface area contributed by atoms with Gasteiger partial charge >= 0.3 is 6.03 Å². The molecule has 1 heterocycles. The Labute approximate surface area is 207 Å². The summed E-state index contributed by atoms with van der Waals surface area (Å²) in [6.45, 7) is 0.199. The number of nitrogens with one attached hydrogen (secondary N) is 1. The van der Waals surface area contributed by atoms with Gasteiger partial charge in [0, 0.05) is 30.7 Å². The summed E-state index contributed by atoms with van der Waals surface area (Å²) in [5, 5.41) is 4.15. The van der Waals surface area contributed by atoms with Crippen LogP contribution in [0.4, 0.5) is 10.5 Å². The van der Waals surface area contributed by atoms with E-state index in [1.807, 2.05) is 6.07 Å². The van der Waals surface area contributed by atoms with E-state index in [0.717, 1.165) is 14.9 Å². The molecule has 32 heavy (non-hydrogen) atoms. The molecular formula is C23H14BrCl3N2O3. The lowest BCUT2D eigenvalue weighted by Crippen LogP contribution is -2.30. The summed E-state index contributed by atoms with van der Waals surface area (Å²) in [6.07, 6.45) is 1.57. The van der Waals surface area contributed by atoms with E-state index in [-0.39, 0.29) is 12.3 Å². The Morgan fingerprint density at radius 2 is 1.66 bits per heavy atom. The molecular weight excluding hydrogens is 539 g/mol. The second-order valence-corrected chi connectivity index (χ2v) is 9.01. The van der Waals surface area contributed by atoms with Crippen LogP contribution in [0.3, 0.4) is 0 Å². The van der Waals surface area contributed by atoms with Crippen molar-refractivity contribution in [2.24, 2.45) is 0 Å². The highest BCUT2D eigenvalue weighted by atomic mass is 79.9. The van der Waals surface area contributed by atoms with Gasteiger partial charge in [0.1, 0.15) is 18.1 Å². The third-order valence-corrected chi connectivity index (χ3v) is 5.97. The highest BCUT2D eigenvalue weighted by Crippen LogP contribution is 2.30. The predicted molar refractivity (Wildman–Crippen MR) is 130 cm³/mol. The molecule has 0 spiro atoms. The zero-order valence-corrected chi connectivity index (χ0v) is 20.1. The summed E-state index contributed by atoms with van der Waals surface area (Å²) < 4.78 is 6.74. The molecule has 0 atom stereocenters.